The lowest BCUT2D eigenvalue weighted by Gasteiger charge is -1.96. The molecule has 0 atom stereocenters. The van der Waals surface area contributed by atoms with Crippen LogP contribution >= 0.6 is 0 Å². The summed E-state index contributed by atoms with van der Waals surface area (Å²) in [7, 11) is 0. The maximum atomic E-state index is 9.66. The molecule has 6 heteroatoms. The van der Waals surface area contributed by atoms with E-state index >= 15 is 0 Å². The highest BCUT2D eigenvalue weighted by Gasteiger charge is 2.14. The zero-order valence-electron chi connectivity index (χ0n) is 9.69. The van der Waals surface area contributed by atoms with E-state index in [1.165, 1.54) is 24.4 Å². The topological polar surface area (TPSA) is 92.3 Å². The van der Waals surface area contributed by atoms with Gasteiger partial charge >= 0.3 is 0 Å². The lowest BCUT2D eigenvalue weighted by Crippen LogP contribution is -1.84. The van der Waals surface area contributed by atoms with E-state index in [0.717, 1.165) is 0 Å². The van der Waals surface area contributed by atoms with Crippen LogP contribution in [0.2, 0.25) is 0 Å². The van der Waals surface area contributed by atoms with E-state index in [-0.39, 0.29) is 23.1 Å². The third-order valence-corrected chi connectivity index (χ3v) is 2.54. The van der Waals surface area contributed by atoms with Crippen molar-refractivity contribution in [3.05, 3.63) is 42.6 Å². The molecule has 0 saturated carbocycles. The Bertz CT molecular complexity index is 707. The first-order valence-electron chi connectivity index (χ1n) is 5.51. The summed E-state index contributed by atoms with van der Waals surface area (Å²) in [6.45, 7) is 0. The SMILES string of the molecule is Oc1ccc(-c2noc(-c3ncccc3O)n2)cc1. The third kappa shape index (κ3) is 2.11. The lowest BCUT2D eigenvalue weighted by atomic mass is 10.2. The van der Waals surface area contributed by atoms with Crippen molar-refractivity contribution in [1.82, 2.24) is 15.1 Å². The van der Waals surface area contributed by atoms with E-state index in [9.17, 15) is 10.2 Å². The van der Waals surface area contributed by atoms with Crippen molar-refractivity contribution in [3.8, 4) is 34.5 Å². The van der Waals surface area contributed by atoms with Gasteiger partial charge in [-0.25, -0.2) is 4.98 Å². The molecule has 1 aromatic carbocycles. The molecule has 19 heavy (non-hydrogen) atoms. The summed E-state index contributed by atoms with van der Waals surface area (Å²) >= 11 is 0. The highest BCUT2D eigenvalue weighted by molar-refractivity contribution is 5.61. The second-order valence-electron chi connectivity index (χ2n) is 3.84. The van der Waals surface area contributed by atoms with Crippen molar-refractivity contribution in [1.29, 1.82) is 0 Å². The normalized spacial score (nSPS) is 10.5. The van der Waals surface area contributed by atoms with Gasteiger partial charge in [-0.3, -0.25) is 0 Å². The van der Waals surface area contributed by atoms with Crippen LogP contribution in [0.5, 0.6) is 11.5 Å². The predicted octanol–water partition coefficient (Wildman–Crippen LogP) is 2.21. The number of aromatic hydroxyl groups is 2. The van der Waals surface area contributed by atoms with Crippen LogP contribution in [-0.4, -0.2) is 25.3 Å². The molecule has 6 nitrogen and oxygen atoms in total. The van der Waals surface area contributed by atoms with Gasteiger partial charge in [0.05, 0.1) is 0 Å². The summed E-state index contributed by atoms with van der Waals surface area (Å²) in [5, 5.41) is 22.7. The number of hydrogen-bond donors (Lipinski definition) is 2. The molecule has 3 rings (SSSR count). The van der Waals surface area contributed by atoms with Gasteiger partial charge in [0.15, 0.2) is 5.69 Å². The Hall–Kier alpha value is -2.89. The summed E-state index contributed by atoms with van der Waals surface area (Å²) in [6, 6.07) is 9.50. The van der Waals surface area contributed by atoms with Gasteiger partial charge < -0.3 is 14.7 Å². The molecule has 3 aromatic rings. The average molecular weight is 255 g/mol. The number of pyridine rings is 1. The fourth-order valence-corrected chi connectivity index (χ4v) is 1.61. The van der Waals surface area contributed by atoms with Crippen LogP contribution < -0.4 is 0 Å². The molecule has 0 aliphatic rings. The van der Waals surface area contributed by atoms with Crippen LogP contribution in [0.3, 0.4) is 0 Å². The second-order valence-corrected chi connectivity index (χ2v) is 3.84. The Morgan fingerprint density at radius 3 is 2.53 bits per heavy atom. The number of phenolic OH excluding ortho intramolecular Hbond substituents is 1. The Balaban J connectivity index is 2.00. The molecular weight excluding hydrogens is 246 g/mol. The third-order valence-electron chi connectivity index (χ3n) is 2.54. The van der Waals surface area contributed by atoms with Gasteiger partial charge in [-0.2, -0.15) is 4.98 Å². The predicted molar refractivity (Wildman–Crippen MR) is 66.3 cm³/mol. The van der Waals surface area contributed by atoms with E-state index in [0.29, 0.717) is 11.4 Å². The zero-order chi connectivity index (χ0) is 13.2. The van der Waals surface area contributed by atoms with Crippen LogP contribution in [0.15, 0.2) is 47.1 Å². The molecule has 2 heterocycles. The van der Waals surface area contributed by atoms with E-state index < -0.39 is 0 Å². The first-order chi connectivity index (χ1) is 9.24. The van der Waals surface area contributed by atoms with Crippen molar-refractivity contribution in [2.45, 2.75) is 0 Å². The van der Waals surface area contributed by atoms with Crippen molar-refractivity contribution >= 4 is 0 Å². The maximum Gasteiger partial charge on any atom is 0.280 e. The van der Waals surface area contributed by atoms with Crippen LogP contribution in [0.1, 0.15) is 0 Å². The number of aromatic nitrogens is 3. The summed E-state index contributed by atoms with van der Waals surface area (Å²) in [6.07, 6.45) is 1.53. The molecule has 0 aliphatic carbocycles. The Kier molecular flexibility index (Phi) is 2.60. The van der Waals surface area contributed by atoms with Crippen molar-refractivity contribution in [2.24, 2.45) is 0 Å². The first kappa shape index (κ1) is 11.2. The fraction of sp³-hybridized carbons (Fsp3) is 0. The van der Waals surface area contributed by atoms with Gasteiger partial charge in [0, 0.05) is 11.8 Å². The van der Waals surface area contributed by atoms with Gasteiger partial charge in [-0.15, -0.1) is 0 Å². The van der Waals surface area contributed by atoms with E-state index in [2.05, 4.69) is 15.1 Å². The summed E-state index contributed by atoms with van der Waals surface area (Å²) in [5.74, 6) is 0.638. The molecular formula is C13H9N3O3. The van der Waals surface area contributed by atoms with E-state index in [1.54, 1.807) is 18.2 Å². The minimum absolute atomic E-state index is 0.0246. The first-order valence-corrected chi connectivity index (χ1v) is 5.51. The average Bonchev–Trinajstić information content (AvgIpc) is 2.89. The monoisotopic (exact) mass is 255 g/mol. The van der Waals surface area contributed by atoms with Crippen LogP contribution in [0.4, 0.5) is 0 Å². The van der Waals surface area contributed by atoms with E-state index in [4.69, 9.17) is 4.52 Å². The Morgan fingerprint density at radius 1 is 1.00 bits per heavy atom. The van der Waals surface area contributed by atoms with Crippen molar-refractivity contribution in [2.75, 3.05) is 0 Å². The summed E-state index contributed by atoms with van der Waals surface area (Å²) in [4.78, 5) is 8.14. The molecule has 94 valence electrons. The molecule has 0 spiro atoms. The maximum absolute atomic E-state index is 9.66. The van der Waals surface area contributed by atoms with Crippen molar-refractivity contribution < 1.29 is 14.7 Å². The number of phenols is 1. The van der Waals surface area contributed by atoms with Gasteiger partial charge in [-0.1, -0.05) is 5.16 Å². The van der Waals surface area contributed by atoms with Gasteiger partial charge in [0.2, 0.25) is 5.82 Å². The summed E-state index contributed by atoms with van der Waals surface area (Å²) in [5.41, 5.74) is 0.934. The zero-order valence-corrected chi connectivity index (χ0v) is 9.69. The lowest BCUT2D eigenvalue weighted by molar-refractivity contribution is 0.423. The number of hydrogen-bond acceptors (Lipinski definition) is 6. The molecule has 2 N–H and O–H groups in total. The molecule has 0 unspecified atom stereocenters. The summed E-state index contributed by atoms with van der Waals surface area (Å²) < 4.78 is 5.07. The molecule has 0 amide bonds. The highest BCUT2D eigenvalue weighted by atomic mass is 16.5. The van der Waals surface area contributed by atoms with Crippen molar-refractivity contribution in [3.63, 3.8) is 0 Å². The minimum Gasteiger partial charge on any atom is -0.508 e. The highest BCUT2D eigenvalue weighted by Crippen LogP contribution is 2.27. The number of benzene rings is 1. The molecule has 0 saturated heterocycles. The largest absolute Gasteiger partial charge is 0.508 e. The van der Waals surface area contributed by atoms with Gasteiger partial charge in [-0.05, 0) is 36.4 Å². The van der Waals surface area contributed by atoms with Crippen LogP contribution in [0, 0.1) is 0 Å². The Labute approximate surface area is 108 Å². The number of nitrogens with zero attached hydrogens (tertiary/aromatic N) is 3. The Morgan fingerprint density at radius 2 is 1.79 bits per heavy atom. The standard InChI is InChI=1S/C13H9N3O3/c17-9-5-3-8(4-6-9)12-15-13(19-16-12)11-10(18)2-1-7-14-11/h1-7,17-18H. The fourth-order valence-electron chi connectivity index (χ4n) is 1.61. The second kappa shape index (κ2) is 4.41. The molecule has 0 radical (unpaired) electrons. The molecule has 0 aliphatic heterocycles. The number of rotatable bonds is 2. The molecule has 0 bridgehead atoms. The smallest absolute Gasteiger partial charge is 0.280 e. The van der Waals surface area contributed by atoms with E-state index in [1.807, 2.05) is 0 Å². The van der Waals surface area contributed by atoms with Gasteiger partial charge in [0.1, 0.15) is 11.5 Å². The van der Waals surface area contributed by atoms with Crippen LogP contribution in [-0.2, 0) is 0 Å². The minimum atomic E-state index is -0.0246. The van der Waals surface area contributed by atoms with Crippen LogP contribution in [0.25, 0.3) is 23.0 Å². The quantitative estimate of drug-likeness (QED) is 0.729. The van der Waals surface area contributed by atoms with Gasteiger partial charge in [0.25, 0.3) is 5.89 Å². The molecule has 2 aromatic heterocycles. The molecule has 0 fully saturated rings.